The van der Waals surface area contributed by atoms with Crippen LogP contribution >= 0.6 is 0 Å². The molecule has 0 amide bonds. The van der Waals surface area contributed by atoms with Gasteiger partial charge in [0.05, 0.1) is 5.75 Å². The third kappa shape index (κ3) is 13.3. The van der Waals surface area contributed by atoms with Gasteiger partial charge in [-0.1, -0.05) is 58.8 Å². The second-order valence-electron chi connectivity index (χ2n) is 6.74. The molecule has 0 saturated carbocycles. The molecule has 0 aromatic carbocycles. The third-order valence-electron chi connectivity index (χ3n) is 4.16. The Hall–Kier alpha value is -0.0900. The summed E-state index contributed by atoms with van der Waals surface area (Å²) in [6.45, 7) is 7.59. The summed E-state index contributed by atoms with van der Waals surface area (Å²) >= 11 is 0. The van der Waals surface area contributed by atoms with E-state index in [0.717, 1.165) is 13.0 Å². The summed E-state index contributed by atoms with van der Waals surface area (Å²) in [7, 11) is -2.83. The Morgan fingerprint density at radius 2 is 1.43 bits per heavy atom. The quantitative estimate of drug-likeness (QED) is 0.485. The molecule has 0 spiro atoms. The zero-order chi connectivity index (χ0) is 16.2. The van der Waals surface area contributed by atoms with Crippen molar-refractivity contribution in [2.75, 3.05) is 18.6 Å². The number of hydrogen-bond acceptors (Lipinski definition) is 3. The van der Waals surface area contributed by atoms with Crippen LogP contribution in [0.2, 0.25) is 0 Å². The van der Waals surface area contributed by atoms with Crippen molar-refractivity contribution in [3.05, 3.63) is 0 Å². The lowest BCUT2D eigenvalue weighted by molar-refractivity contribution is 0.290. The van der Waals surface area contributed by atoms with E-state index in [2.05, 4.69) is 26.1 Å². The van der Waals surface area contributed by atoms with Gasteiger partial charge in [0.1, 0.15) is 9.84 Å². The second-order valence-corrected chi connectivity index (χ2v) is 9.00. The molecule has 0 heterocycles. The molecule has 1 atom stereocenters. The number of hydrogen-bond donors (Lipinski definition) is 1. The number of unbranched alkanes of at least 4 members (excludes halogenated alkanes) is 5. The van der Waals surface area contributed by atoms with Gasteiger partial charge >= 0.3 is 0 Å². The smallest absolute Gasteiger partial charge is 0.147 e. The average molecular weight is 320 g/mol. The fourth-order valence-electron chi connectivity index (χ4n) is 2.71. The minimum Gasteiger partial charge on any atom is -0.311 e. The van der Waals surface area contributed by atoms with E-state index in [1.165, 1.54) is 64.0 Å². The van der Waals surface area contributed by atoms with Crippen molar-refractivity contribution in [3.63, 3.8) is 0 Å². The lowest BCUT2D eigenvalue weighted by atomic mass is 9.88. The molecule has 3 nitrogen and oxygen atoms in total. The second kappa shape index (κ2) is 11.5. The van der Waals surface area contributed by atoms with Gasteiger partial charge in [0, 0.05) is 11.8 Å². The Morgan fingerprint density at radius 1 is 0.857 bits per heavy atom. The van der Waals surface area contributed by atoms with Crippen LogP contribution in [0.1, 0.15) is 85.0 Å². The van der Waals surface area contributed by atoms with Crippen molar-refractivity contribution < 1.29 is 8.42 Å². The summed E-state index contributed by atoms with van der Waals surface area (Å²) in [5.74, 6) is 0.292. The van der Waals surface area contributed by atoms with Crippen molar-refractivity contribution >= 4 is 9.84 Å². The van der Waals surface area contributed by atoms with Crippen LogP contribution in [-0.4, -0.2) is 32.5 Å². The Labute approximate surface area is 133 Å². The molecule has 0 bridgehead atoms. The first-order chi connectivity index (χ1) is 9.83. The van der Waals surface area contributed by atoms with E-state index in [0.29, 0.717) is 5.75 Å². The van der Waals surface area contributed by atoms with Crippen LogP contribution in [0.5, 0.6) is 0 Å². The van der Waals surface area contributed by atoms with Gasteiger partial charge < -0.3 is 5.32 Å². The van der Waals surface area contributed by atoms with Gasteiger partial charge in [-0.05, 0) is 32.7 Å². The van der Waals surface area contributed by atoms with Gasteiger partial charge in [0.25, 0.3) is 0 Å². The van der Waals surface area contributed by atoms with E-state index in [1.807, 2.05) is 0 Å². The van der Waals surface area contributed by atoms with Crippen molar-refractivity contribution in [2.45, 2.75) is 90.5 Å². The molecule has 0 saturated heterocycles. The van der Waals surface area contributed by atoms with Crippen molar-refractivity contribution in [1.82, 2.24) is 5.32 Å². The number of rotatable bonds is 14. The molecule has 0 aliphatic carbocycles. The largest absolute Gasteiger partial charge is 0.311 e. The average Bonchev–Trinajstić information content (AvgIpc) is 2.40. The molecule has 21 heavy (non-hydrogen) atoms. The molecule has 0 radical (unpaired) electrons. The normalized spacial score (nSPS) is 15.0. The fourth-order valence-corrected chi connectivity index (χ4v) is 3.38. The van der Waals surface area contributed by atoms with Gasteiger partial charge in [-0.3, -0.25) is 0 Å². The molecule has 4 heteroatoms. The van der Waals surface area contributed by atoms with Crippen molar-refractivity contribution in [2.24, 2.45) is 0 Å². The Bertz CT molecular complexity index is 341. The Kier molecular flexibility index (Phi) is 11.4. The van der Waals surface area contributed by atoms with E-state index in [4.69, 9.17) is 0 Å². The van der Waals surface area contributed by atoms with Crippen molar-refractivity contribution in [3.8, 4) is 0 Å². The van der Waals surface area contributed by atoms with Gasteiger partial charge in [-0.15, -0.1) is 0 Å². The third-order valence-corrected chi connectivity index (χ3v) is 5.19. The molecule has 0 aromatic heterocycles. The monoisotopic (exact) mass is 319 g/mol. The van der Waals surface area contributed by atoms with Crippen LogP contribution in [-0.2, 0) is 9.84 Å². The predicted molar refractivity (Wildman–Crippen MR) is 93.6 cm³/mol. The van der Waals surface area contributed by atoms with Crippen molar-refractivity contribution in [1.29, 1.82) is 0 Å². The summed E-state index contributed by atoms with van der Waals surface area (Å²) in [5.41, 5.74) is 0.180. The highest BCUT2D eigenvalue weighted by Crippen LogP contribution is 2.22. The van der Waals surface area contributed by atoms with Crippen LogP contribution in [0.25, 0.3) is 0 Å². The van der Waals surface area contributed by atoms with Gasteiger partial charge in [0.2, 0.25) is 0 Å². The Morgan fingerprint density at radius 3 is 2.00 bits per heavy atom. The van der Waals surface area contributed by atoms with Crippen LogP contribution in [0, 0.1) is 0 Å². The zero-order valence-corrected chi connectivity index (χ0v) is 15.5. The molecule has 128 valence electrons. The van der Waals surface area contributed by atoms with Crippen LogP contribution in [0.4, 0.5) is 0 Å². The first kappa shape index (κ1) is 20.9. The molecule has 0 fully saturated rings. The maximum Gasteiger partial charge on any atom is 0.147 e. The Balaban J connectivity index is 4.08. The maximum atomic E-state index is 11.2. The lowest BCUT2D eigenvalue weighted by Gasteiger charge is -2.31. The molecule has 1 unspecified atom stereocenters. The van der Waals surface area contributed by atoms with E-state index >= 15 is 0 Å². The summed E-state index contributed by atoms with van der Waals surface area (Å²) in [6, 6.07) is 0. The molecular weight excluding hydrogens is 282 g/mol. The molecule has 0 aliphatic rings. The molecule has 1 N–H and O–H groups in total. The molecule has 0 aromatic rings. The maximum absolute atomic E-state index is 11.2. The van der Waals surface area contributed by atoms with Gasteiger partial charge in [-0.25, -0.2) is 8.42 Å². The summed E-state index contributed by atoms with van der Waals surface area (Å²) in [5, 5.41) is 3.63. The highest BCUT2D eigenvalue weighted by molar-refractivity contribution is 7.90. The molecular formula is C17H37NO2S. The van der Waals surface area contributed by atoms with Crippen LogP contribution < -0.4 is 5.32 Å². The molecule has 0 aliphatic heterocycles. The predicted octanol–water partition coefficient (Wildman–Crippen LogP) is 4.32. The first-order valence-corrected chi connectivity index (χ1v) is 10.8. The summed E-state index contributed by atoms with van der Waals surface area (Å²) in [4.78, 5) is 0. The lowest BCUT2D eigenvalue weighted by Crippen LogP contribution is -2.43. The van der Waals surface area contributed by atoms with E-state index in [9.17, 15) is 8.42 Å². The summed E-state index contributed by atoms with van der Waals surface area (Å²) < 4.78 is 22.3. The number of nitrogens with one attached hydrogen (secondary N) is 1. The standard InChI is InChI=1S/C17H37NO2S/c1-5-7-9-10-11-14-17(3,13-8-6-2)18-15-12-16-21(4,19)20/h18H,5-16H2,1-4H3. The SMILES string of the molecule is CCCCCCCC(C)(CCCC)NCCCS(C)(=O)=O. The van der Waals surface area contributed by atoms with E-state index in [1.54, 1.807) is 0 Å². The zero-order valence-electron chi connectivity index (χ0n) is 14.7. The number of sulfone groups is 1. The van der Waals surface area contributed by atoms with Gasteiger partial charge in [-0.2, -0.15) is 0 Å². The molecule has 0 rings (SSSR count). The fraction of sp³-hybridized carbons (Fsp3) is 1.00. The minimum absolute atomic E-state index is 0.180. The highest BCUT2D eigenvalue weighted by Gasteiger charge is 2.22. The minimum atomic E-state index is -2.83. The van der Waals surface area contributed by atoms with Crippen LogP contribution in [0.3, 0.4) is 0 Å². The summed E-state index contributed by atoms with van der Waals surface area (Å²) in [6.07, 6.45) is 13.5. The topological polar surface area (TPSA) is 46.2 Å². The first-order valence-electron chi connectivity index (χ1n) is 8.76. The van der Waals surface area contributed by atoms with E-state index in [-0.39, 0.29) is 5.54 Å². The highest BCUT2D eigenvalue weighted by atomic mass is 32.2. The van der Waals surface area contributed by atoms with E-state index < -0.39 is 9.84 Å². The van der Waals surface area contributed by atoms with Crippen LogP contribution in [0.15, 0.2) is 0 Å². The van der Waals surface area contributed by atoms with Gasteiger partial charge in [0.15, 0.2) is 0 Å².